The lowest BCUT2D eigenvalue weighted by molar-refractivity contribution is -0.141. The lowest BCUT2D eigenvalue weighted by Gasteiger charge is -2.24. The summed E-state index contributed by atoms with van der Waals surface area (Å²) in [4.78, 5) is 21.6. The fraction of sp³-hybridized carbons (Fsp3) is 0.172. The molecule has 12 heteroatoms. The highest BCUT2D eigenvalue weighted by Gasteiger charge is 2.30. The third-order valence-electron chi connectivity index (χ3n) is 6.61. The van der Waals surface area contributed by atoms with Crippen LogP contribution in [-0.4, -0.2) is 47.9 Å². The molecule has 0 amide bonds. The first-order valence-electron chi connectivity index (χ1n) is 12.6. The molecule has 2 heterocycles. The number of hydrogen-bond donors (Lipinski definition) is 2. The summed E-state index contributed by atoms with van der Waals surface area (Å²) in [5, 5.41) is 8.24. The number of esters is 1. The van der Waals surface area contributed by atoms with E-state index in [-0.39, 0.29) is 35.4 Å². The lowest BCUT2D eigenvalue weighted by atomic mass is 10.1. The molecule has 2 aromatic heterocycles. The third kappa shape index (κ3) is 5.86. The van der Waals surface area contributed by atoms with Crippen molar-refractivity contribution in [2.75, 3.05) is 17.5 Å². The van der Waals surface area contributed by atoms with Gasteiger partial charge in [0.25, 0.3) is 10.0 Å². The Labute approximate surface area is 243 Å². The number of aromatic nitrogens is 3. The molecule has 0 radical (unpaired) electrons. The van der Waals surface area contributed by atoms with Gasteiger partial charge in [-0.2, -0.15) is 0 Å². The van der Waals surface area contributed by atoms with Crippen molar-refractivity contribution in [3.05, 3.63) is 95.9 Å². The van der Waals surface area contributed by atoms with Gasteiger partial charge in [0.1, 0.15) is 23.1 Å². The van der Waals surface area contributed by atoms with Crippen LogP contribution in [0.3, 0.4) is 0 Å². The molecular formula is C29H29ClN6O4S. The summed E-state index contributed by atoms with van der Waals surface area (Å²) in [6.45, 7) is 1.28. The molecule has 3 N–H and O–H groups in total. The first-order valence-corrected chi connectivity index (χ1v) is 14.0. The van der Waals surface area contributed by atoms with Crippen molar-refractivity contribution in [1.29, 1.82) is 5.41 Å². The molecule has 5 aromatic rings. The summed E-state index contributed by atoms with van der Waals surface area (Å²) in [6.07, 6.45) is 2.05. The van der Waals surface area contributed by atoms with Gasteiger partial charge in [-0.25, -0.2) is 13.4 Å². The smallest absolute Gasteiger partial charge is 0.326 e. The minimum absolute atomic E-state index is 0. The molecule has 0 aliphatic rings. The Bertz CT molecular complexity index is 1850. The average Bonchev–Trinajstić information content (AvgIpc) is 3.25. The minimum atomic E-state index is -4.22. The molecule has 0 fully saturated rings. The molecule has 5 rings (SSSR count). The average molecular weight is 593 g/mol. The van der Waals surface area contributed by atoms with Crippen LogP contribution in [0.4, 0.5) is 5.69 Å². The Kier molecular flexibility index (Phi) is 8.60. The number of nitrogens with two attached hydrogens (primary N) is 1. The van der Waals surface area contributed by atoms with Gasteiger partial charge in [0.2, 0.25) is 0 Å². The number of benzene rings is 3. The summed E-state index contributed by atoms with van der Waals surface area (Å²) >= 11 is 0. The number of para-hydroxylation sites is 1. The van der Waals surface area contributed by atoms with Crippen molar-refractivity contribution in [1.82, 2.24) is 14.5 Å². The van der Waals surface area contributed by atoms with E-state index in [0.29, 0.717) is 28.4 Å². The van der Waals surface area contributed by atoms with E-state index in [1.165, 1.54) is 12.3 Å². The van der Waals surface area contributed by atoms with E-state index < -0.39 is 22.5 Å². The summed E-state index contributed by atoms with van der Waals surface area (Å²) < 4.78 is 36.2. The number of nitrogens with zero attached hydrogens (tertiary/aromatic N) is 4. The number of rotatable bonds is 9. The first-order chi connectivity index (χ1) is 19.2. The third-order valence-corrected chi connectivity index (χ3v) is 8.42. The molecular weight excluding hydrogens is 564 g/mol. The number of pyridine rings is 1. The number of halogens is 1. The Morgan fingerprint density at radius 3 is 2.51 bits per heavy atom. The van der Waals surface area contributed by atoms with Gasteiger partial charge >= 0.3 is 5.97 Å². The quantitative estimate of drug-likeness (QED) is 0.148. The summed E-state index contributed by atoms with van der Waals surface area (Å²) in [7, 11) is -2.33. The minimum Gasteiger partial charge on any atom is -0.465 e. The lowest BCUT2D eigenvalue weighted by Crippen LogP contribution is -2.36. The van der Waals surface area contributed by atoms with Crippen molar-refractivity contribution in [2.45, 2.75) is 18.2 Å². The Morgan fingerprint density at radius 2 is 1.80 bits per heavy atom. The summed E-state index contributed by atoms with van der Waals surface area (Å²) in [5.41, 5.74) is 9.17. The molecule has 41 heavy (non-hydrogen) atoms. The van der Waals surface area contributed by atoms with Crippen LogP contribution in [0.2, 0.25) is 0 Å². The van der Waals surface area contributed by atoms with Crippen LogP contribution in [-0.2, 0) is 33.0 Å². The molecule has 0 spiro atoms. The number of ether oxygens (including phenoxy) is 1. The van der Waals surface area contributed by atoms with Crippen LogP contribution in [0.5, 0.6) is 0 Å². The predicted octanol–water partition coefficient (Wildman–Crippen LogP) is 4.18. The number of aryl methyl sites for hydroxylation is 1. The van der Waals surface area contributed by atoms with Gasteiger partial charge in [-0.3, -0.25) is 19.5 Å². The van der Waals surface area contributed by atoms with Crippen molar-refractivity contribution < 1.29 is 17.9 Å². The Balaban J connectivity index is 0.00000387. The Hall–Kier alpha value is -4.48. The van der Waals surface area contributed by atoms with E-state index in [1.54, 1.807) is 61.5 Å². The van der Waals surface area contributed by atoms with Crippen LogP contribution < -0.4 is 10.0 Å². The van der Waals surface area contributed by atoms with E-state index in [1.807, 2.05) is 23.7 Å². The molecule has 0 unspecified atom stereocenters. The highest BCUT2D eigenvalue weighted by atomic mass is 35.5. The molecule has 0 aliphatic heterocycles. The SMILES string of the molecule is CCOC(=O)CN(c1ccc2c(c1)nc(Cc1ccc(C(=N)N)cc1)n2C)S(=O)(=O)c1cccc2cccnc12.Cl. The molecule has 212 valence electrons. The highest BCUT2D eigenvalue weighted by molar-refractivity contribution is 7.93. The molecule has 0 bridgehead atoms. The topological polar surface area (TPSA) is 144 Å². The zero-order valence-electron chi connectivity index (χ0n) is 22.4. The van der Waals surface area contributed by atoms with Crippen LogP contribution >= 0.6 is 12.4 Å². The van der Waals surface area contributed by atoms with Crippen LogP contribution in [0, 0.1) is 5.41 Å². The fourth-order valence-corrected chi connectivity index (χ4v) is 6.15. The van der Waals surface area contributed by atoms with Gasteiger partial charge in [0.15, 0.2) is 0 Å². The number of carbonyl (C=O) groups excluding carboxylic acids is 1. The fourth-order valence-electron chi connectivity index (χ4n) is 4.58. The van der Waals surface area contributed by atoms with Crippen LogP contribution in [0.1, 0.15) is 23.9 Å². The van der Waals surface area contributed by atoms with E-state index in [4.69, 9.17) is 20.9 Å². The molecule has 3 aromatic carbocycles. The summed E-state index contributed by atoms with van der Waals surface area (Å²) in [5.74, 6) is 0.0966. The van der Waals surface area contributed by atoms with Gasteiger partial charge in [0.05, 0.1) is 28.8 Å². The van der Waals surface area contributed by atoms with E-state index >= 15 is 0 Å². The normalized spacial score (nSPS) is 11.3. The zero-order chi connectivity index (χ0) is 28.4. The summed E-state index contributed by atoms with van der Waals surface area (Å²) in [6, 6.07) is 20.9. The highest BCUT2D eigenvalue weighted by Crippen LogP contribution is 2.30. The van der Waals surface area contributed by atoms with E-state index in [9.17, 15) is 13.2 Å². The molecule has 10 nitrogen and oxygen atoms in total. The molecule has 0 saturated carbocycles. The van der Waals surface area contributed by atoms with Gasteiger partial charge in [-0.05, 0) is 42.8 Å². The molecule has 0 saturated heterocycles. The second-order valence-electron chi connectivity index (χ2n) is 9.20. The Morgan fingerprint density at radius 1 is 1.07 bits per heavy atom. The first kappa shape index (κ1) is 29.5. The van der Waals surface area contributed by atoms with Crippen molar-refractivity contribution >= 4 is 61.9 Å². The van der Waals surface area contributed by atoms with Crippen molar-refractivity contribution in [2.24, 2.45) is 12.8 Å². The zero-order valence-corrected chi connectivity index (χ0v) is 24.1. The number of imidazole rings is 1. The number of carbonyl (C=O) groups is 1. The maximum atomic E-state index is 14.0. The predicted molar refractivity (Wildman–Crippen MR) is 161 cm³/mol. The van der Waals surface area contributed by atoms with E-state index in [0.717, 1.165) is 21.2 Å². The standard InChI is InChI=1S/C29H28N6O4S.ClH/c1-3-39-27(36)18-35(40(37,38)25-8-4-6-20-7-5-15-32-28(20)25)22-13-14-24-23(17-22)33-26(34(24)2)16-19-9-11-21(12-10-19)29(30)31;/h4-15,17H,3,16,18H2,1-2H3,(H3,30,31);1H. The largest absolute Gasteiger partial charge is 0.465 e. The van der Waals surface area contributed by atoms with Gasteiger partial charge in [-0.1, -0.05) is 42.5 Å². The maximum absolute atomic E-state index is 14.0. The number of nitrogens with one attached hydrogen (secondary N) is 1. The molecule has 0 aliphatic carbocycles. The monoisotopic (exact) mass is 592 g/mol. The number of fused-ring (bicyclic) bond motifs is 2. The van der Waals surface area contributed by atoms with Gasteiger partial charge in [-0.15, -0.1) is 12.4 Å². The number of anilines is 1. The van der Waals surface area contributed by atoms with Crippen molar-refractivity contribution in [3.63, 3.8) is 0 Å². The van der Waals surface area contributed by atoms with Crippen molar-refractivity contribution in [3.8, 4) is 0 Å². The number of sulfonamides is 1. The second kappa shape index (κ2) is 11.9. The molecule has 0 atom stereocenters. The van der Waals surface area contributed by atoms with Crippen LogP contribution in [0.25, 0.3) is 21.9 Å². The second-order valence-corrected chi connectivity index (χ2v) is 11.0. The van der Waals surface area contributed by atoms with Crippen LogP contribution in [0.15, 0.2) is 83.9 Å². The number of hydrogen-bond acceptors (Lipinski definition) is 7. The van der Waals surface area contributed by atoms with Gasteiger partial charge in [0, 0.05) is 30.6 Å². The maximum Gasteiger partial charge on any atom is 0.326 e. The number of amidine groups is 1. The number of nitrogen functional groups attached to an aromatic ring is 1. The van der Waals surface area contributed by atoms with Gasteiger partial charge < -0.3 is 15.0 Å². The van der Waals surface area contributed by atoms with E-state index in [2.05, 4.69) is 4.98 Å².